The topological polar surface area (TPSA) is 78.9 Å². The number of carboxylic acids is 1. The van der Waals surface area contributed by atoms with Crippen LogP contribution >= 0.6 is 0 Å². The van der Waals surface area contributed by atoms with E-state index < -0.39 is 5.97 Å². The average molecular weight is 327 g/mol. The third kappa shape index (κ3) is 3.16. The summed E-state index contributed by atoms with van der Waals surface area (Å²) in [7, 11) is 0. The van der Waals surface area contributed by atoms with Gasteiger partial charge in [0.05, 0.1) is 31.1 Å². The van der Waals surface area contributed by atoms with Gasteiger partial charge in [0.25, 0.3) is 0 Å². The zero-order valence-corrected chi connectivity index (χ0v) is 13.2. The molecule has 124 valence electrons. The van der Waals surface area contributed by atoms with Gasteiger partial charge in [0, 0.05) is 16.8 Å². The quantitative estimate of drug-likeness (QED) is 0.911. The fourth-order valence-electron chi connectivity index (χ4n) is 3.44. The lowest BCUT2D eigenvalue weighted by molar-refractivity contribution is -0.137. The summed E-state index contributed by atoms with van der Waals surface area (Å²) in [5, 5.41) is 22.7. The molecular weight excluding hydrogens is 309 g/mol. The highest BCUT2D eigenvalue weighted by atomic mass is 19.1. The van der Waals surface area contributed by atoms with Crippen molar-refractivity contribution in [1.82, 2.24) is 9.78 Å². The van der Waals surface area contributed by atoms with Crippen molar-refractivity contribution in [2.45, 2.75) is 44.6 Å². The molecule has 1 atom stereocenters. The molecule has 3 rings (SSSR count). The van der Waals surface area contributed by atoms with Crippen LogP contribution in [-0.4, -0.2) is 20.9 Å². The number of aromatic nitrogens is 2. The molecule has 1 aliphatic carbocycles. The summed E-state index contributed by atoms with van der Waals surface area (Å²) in [6.07, 6.45) is 2.94. The molecule has 1 unspecified atom stereocenters. The van der Waals surface area contributed by atoms with Crippen LogP contribution in [0.5, 0.6) is 0 Å². The van der Waals surface area contributed by atoms with Crippen LogP contribution in [0.2, 0.25) is 0 Å². The smallest absolute Gasteiger partial charge is 0.303 e. The van der Waals surface area contributed by atoms with Crippen LogP contribution < -0.4 is 0 Å². The maximum Gasteiger partial charge on any atom is 0.303 e. The van der Waals surface area contributed by atoms with Crippen LogP contribution in [0.25, 0.3) is 11.3 Å². The molecule has 24 heavy (non-hydrogen) atoms. The number of hydrogen-bond acceptors (Lipinski definition) is 3. The van der Waals surface area contributed by atoms with Gasteiger partial charge in [-0.2, -0.15) is 10.4 Å². The second-order valence-corrected chi connectivity index (χ2v) is 6.03. The predicted octanol–water partition coefficient (Wildman–Crippen LogP) is 3.50. The molecule has 6 heteroatoms. The highest BCUT2D eigenvalue weighted by Crippen LogP contribution is 2.40. The Labute approximate surface area is 139 Å². The van der Waals surface area contributed by atoms with Crippen molar-refractivity contribution in [3.05, 3.63) is 41.3 Å². The van der Waals surface area contributed by atoms with Crippen LogP contribution in [0.4, 0.5) is 4.39 Å². The number of aliphatic carboxylic acids is 1. The Bertz CT molecular complexity index is 790. The number of carboxylic acid groups (broad SMARTS) is 1. The van der Waals surface area contributed by atoms with Crippen molar-refractivity contribution in [2.75, 3.05) is 0 Å². The molecule has 0 radical (unpaired) electrons. The van der Waals surface area contributed by atoms with Gasteiger partial charge < -0.3 is 5.11 Å². The van der Waals surface area contributed by atoms with Crippen molar-refractivity contribution in [3.63, 3.8) is 0 Å². The lowest BCUT2D eigenvalue weighted by atomic mass is 9.82. The number of benzene rings is 1. The number of carbonyl (C=O) groups is 1. The van der Waals surface area contributed by atoms with E-state index in [-0.39, 0.29) is 18.2 Å². The molecule has 2 aromatic rings. The SMILES string of the molecule is N#CCCn1nc(-c2ccc(F)cc2)c2c1CCCC2CC(=O)O. The molecule has 0 aliphatic heterocycles. The van der Waals surface area contributed by atoms with Gasteiger partial charge in [0.1, 0.15) is 5.82 Å². The maximum atomic E-state index is 13.2. The lowest BCUT2D eigenvalue weighted by Gasteiger charge is -2.22. The molecule has 0 saturated heterocycles. The molecule has 5 nitrogen and oxygen atoms in total. The Morgan fingerprint density at radius 3 is 2.83 bits per heavy atom. The Balaban J connectivity index is 2.10. The summed E-state index contributed by atoms with van der Waals surface area (Å²) in [5.41, 5.74) is 3.46. The number of rotatable bonds is 5. The molecule has 0 fully saturated rings. The van der Waals surface area contributed by atoms with Gasteiger partial charge in [0.15, 0.2) is 0 Å². The van der Waals surface area contributed by atoms with Crippen molar-refractivity contribution >= 4 is 5.97 Å². The van der Waals surface area contributed by atoms with E-state index in [0.717, 1.165) is 36.1 Å². The molecule has 1 heterocycles. The van der Waals surface area contributed by atoms with Gasteiger partial charge in [0.2, 0.25) is 0 Å². The second kappa shape index (κ2) is 6.83. The first-order chi connectivity index (χ1) is 11.6. The highest BCUT2D eigenvalue weighted by molar-refractivity contribution is 5.71. The minimum atomic E-state index is -0.831. The second-order valence-electron chi connectivity index (χ2n) is 6.03. The number of nitriles is 1. The third-order valence-electron chi connectivity index (χ3n) is 4.45. The van der Waals surface area contributed by atoms with Gasteiger partial charge in [-0.3, -0.25) is 9.48 Å². The van der Waals surface area contributed by atoms with E-state index in [1.165, 1.54) is 12.1 Å². The number of aryl methyl sites for hydroxylation is 1. The summed E-state index contributed by atoms with van der Waals surface area (Å²) in [5.74, 6) is -1.25. The largest absolute Gasteiger partial charge is 0.481 e. The van der Waals surface area contributed by atoms with Gasteiger partial charge >= 0.3 is 5.97 Å². The Morgan fingerprint density at radius 1 is 1.42 bits per heavy atom. The average Bonchev–Trinajstić information content (AvgIpc) is 2.93. The molecule has 0 bridgehead atoms. The lowest BCUT2D eigenvalue weighted by Crippen LogP contribution is -2.15. The number of halogens is 1. The Hall–Kier alpha value is -2.68. The first-order valence-electron chi connectivity index (χ1n) is 8.04. The monoisotopic (exact) mass is 327 g/mol. The molecule has 0 saturated carbocycles. The Kier molecular flexibility index (Phi) is 4.61. The van der Waals surface area contributed by atoms with Crippen molar-refractivity contribution < 1.29 is 14.3 Å². The summed E-state index contributed by atoms with van der Waals surface area (Å²) < 4.78 is 15.0. The number of nitrogens with zero attached hydrogens (tertiary/aromatic N) is 3. The first-order valence-corrected chi connectivity index (χ1v) is 8.04. The predicted molar refractivity (Wildman–Crippen MR) is 85.8 cm³/mol. The molecular formula is C18H18FN3O2. The molecule has 0 spiro atoms. The van der Waals surface area contributed by atoms with E-state index in [9.17, 15) is 14.3 Å². The zero-order valence-electron chi connectivity index (χ0n) is 13.2. The van der Waals surface area contributed by atoms with Crippen molar-refractivity contribution in [1.29, 1.82) is 5.26 Å². The minimum absolute atomic E-state index is 0.0607. The van der Waals surface area contributed by atoms with Gasteiger partial charge in [-0.1, -0.05) is 0 Å². The highest BCUT2D eigenvalue weighted by Gasteiger charge is 2.30. The normalized spacial score (nSPS) is 16.4. The van der Waals surface area contributed by atoms with E-state index in [1.54, 1.807) is 12.1 Å². The van der Waals surface area contributed by atoms with Gasteiger partial charge in [-0.15, -0.1) is 0 Å². The number of hydrogen-bond donors (Lipinski definition) is 1. The number of fused-ring (bicyclic) bond motifs is 1. The van der Waals surface area contributed by atoms with E-state index in [1.807, 2.05) is 4.68 Å². The molecule has 1 aromatic carbocycles. The van der Waals surface area contributed by atoms with Crippen LogP contribution in [-0.2, 0) is 17.8 Å². The van der Waals surface area contributed by atoms with Crippen LogP contribution in [0.1, 0.15) is 42.9 Å². The fraction of sp³-hybridized carbons (Fsp3) is 0.389. The Morgan fingerprint density at radius 2 is 2.17 bits per heavy atom. The van der Waals surface area contributed by atoms with Gasteiger partial charge in [-0.05, 0) is 49.4 Å². The van der Waals surface area contributed by atoms with E-state index in [4.69, 9.17) is 5.26 Å². The molecule has 0 amide bonds. The van der Waals surface area contributed by atoms with E-state index in [2.05, 4.69) is 11.2 Å². The first kappa shape index (κ1) is 16.2. The van der Waals surface area contributed by atoms with E-state index >= 15 is 0 Å². The minimum Gasteiger partial charge on any atom is -0.481 e. The van der Waals surface area contributed by atoms with Crippen LogP contribution in [0, 0.1) is 17.1 Å². The van der Waals surface area contributed by atoms with E-state index in [0.29, 0.717) is 18.7 Å². The summed E-state index contributed by atoms with van der Waals surface area (Å²) in [4.78, 5) is 11.2. The summed E-state index contributed by atoms with van der Waals surface area (Å²) in [6.45, 7) is 0.486. The molecule has 1 N–H and O–H groups in total. The van der Waals surface area contributed by atoms with Crippen LogP contribution in [0.15, 0.2) is 24.3 Å². The van der Waals surface area contributed by atoms with Crippen LogP contribution in [0.3, 0.4) is 0 Å². The molecule has 1 aromatic heterocycles. The fourth-order valence-corrected chi connectivity index (χ4v) is 3.44. The molecule has 1 aliphatic rings. The van der Waals surface area contributed by atoms with Crippen molar-refractivity contribution in [3.8, 4) is 17.3 Å². The standard InChI is InChI=1S/C18H18FN3O2/c19-14-7-5-12(6-8-14)18-17-13(11-16(23)24)3-1-4-15(17)22(21-18)10-2-9-20/h5-8,13H,1-4,10-11H2,(H,23,24). The third-order valence-corrected chi connectivity index (χ3v) is 4.45. The summed E-state index contributed by atoms with van der Waals surface area (Å²) in [6, 6.07) is 8.21. The zero-order chi connectivity index (χ0) is 17.1. The van der Waals surface area contributed by atoms with Crippen molar-refractivity contribution in [2.24, 2.45) is 0 Å². The summed E-state index contributed by atoms with van der Waals surface area (Å²) >= 11 is 0. The maximum absolute atomic E-state index is 13.2. The van der Waals surface area contributed by atoms with Gasteiger partial charge in [-0.25, -0.2) is 4.39 Å².